The minimum Gasteiger partial charge on any atom is -0.468 e. The number of carbonyl (C=O) groups excluding carboxylic acids is 1. The third-order valence-electron chi connectivity index (χ3n) is 4.31. The van der Waals surface area contributed by atoms with Crippen LogP contribution in [-0.4, -0.2) is 67.7 Å². The molecule has 0 saturated carbocycles. The number of furan rings is 1. The third kappa shape index (κ3) is 5.34. The molecular formula is C17H29N3O3. The Labute approximate surface area is 138 Å². The van der Waals surface area contributed by atoms with Crippen molar-refractivity contribution < 1.29 is 13.9 Å². The van der Waals surface area contributed by atoms with E-state index >= 15 is 0 Å². The molecule has 0 bridgehead atoms. The van der Waals surface area contributed by atoms with E-state index < -0.39 is 0 Å². The van der Waals surface area contributed by atoms with Crippen LogP contribution in [0, 0.1) is 0 Å². The van der Waals surface area contributed by atoms with Crippen LogP contribution >= 0.6 is 0 Å². The SMILES string of the molecule is CCN(CC)C(CNC(=O)CN1CCOC(C)C1)c1ccco1. The highest BCUT2D eigenvalue weighted by Crippen LogP contribution is 2.20. The summed E-state index contributed by atoms with van der Waals surface area (Å²) in [6.07, 6.45) is 1.88. The number of ether oxygens (including phenoxy) is 1. The van der Waals surface area contributed by atoms with E-state index in [1.54, 1.807) is 6.26 Å². The summed E-state index contributed by atoms with van der Waals surface area (Å²) in [7, 11) is 0. The van der Waals surface area contributed by atoms with Crippen LogP contribution in [0.25, 0.3) is 0 Å². The Kier molecular flexibility index (Phi) is 7.08. The van der Waals surface area contributed by atoms with Gasteiger partial charge in [-0.25, -0.2) is 0 Å². The number of nitrogens with zero attached hydrogens (tertiary/aromatic N) is 2. The summed E-state index contributed by atoms with van der Waals surface area (Å²) in [4.78, 5) is 16.7. The molecule has 2 unspecified atom stereocenters. The topological polar surface area (TPSA) is 58.0 Å². The third-order valence-corrected chi connectivity index (χ3v) is 4.31. The lowest BCUT2D eigenvalue weighted by molar-refractivity contribution is -0.124. The number of hydrogen-bond donors (Lipinski definition) is 1. The first kappa shape index (κ1) is 18.0. The molecule has 0 spiro atoms. The fourth-order valence-electron chi connectivity index (χ4n) is 3.06. The molecule has 1 saturated heterocycles. The molecule has 1 aromatic heterocycles. The van der Waals surface area contributed by atoms with Crippen molar-refractivity contribution in [2.75, 3.05) is 45.9 Å². The summed E-state index contributed by atoms with van der Waals surface area (Å²) in [6, 6.07) is 3.94. The van der Waals surface area contributed by atoms with Crippen LogP contribution in [-0.2, 0) is 9.53 Å². The summed E-state index contributed by atoms with van der Waals surface area (Å²) < 4.78 is 11.1. The Morgan fingerprint density at radius 2 is 2.26 bits per heavy atom. The van der Waals surface area contributed by atoms with Crippen LogP contribution in [0.3, 0.4) is 0 Å². The number of nitrogens with one attached hydrogen (secondary N) is 1. The Bertz CT molecular complexity index is 460. The van der Waals surface area contributed by atoms with Crippen molar-refractivity contribution in [3.8, 4) is 0 Å². The lowest BCUT2D eigenvalue weighted by Gasteiger charge is -2.31. The lowest BCUT2D eigenvalue weighted by Crippen LogP contribution is -2.47. The highest BCUT2D eigenvalue weighted by Gasteiger charge is 2.23. The molecule has 130 valence electrons. The quantitative estimate of drug-likeness (QED) is 0.786. The Morgan fingerprint density at radius 3 is 2.87 bits per heavy atom. The van der Waals surface area contributed by atoms with Crippen molar-refractivity contribution in [2.45, 2.75) is 32.9 Å². The number of hydrogen-bond acceptors (Lipinski definition) is 5. The highest BCUT2D eigenvalue weighted by molar-refractivity contribution is 5.78. The molecule has 1 N–H and O–H groups in total. The van der Waals surface area contributed by atoms with Gasteiger partial charge in [0.25, 0.3) is 0 Å². The van der Waals surface area contributed by atoms with Gasteiger partial charge in [-0.05, 0) is 32.1 Å². The van der Waals surface area contributed by atoms with E-state index in [2.05, 4.69) is 29.0 Å². The van der Waals surface area contributed by atoms with Crippen LogP contribution < -0.4 is 5.32 Å². The van der Waals surface area contributed by atoms with Gasteiger partial charge in [0, 0.05) is 19.6 Å². The number of morpholine rings is 1. The zero-order chi connectivity index (χ0) is 16.7. The minimum absolute atomic E-state index is 0.0582. The first-order chi connectivity index (χ1) is 11.1. The van der Waals surface area contributed by atoms with Crippen LogP contribution in [0.1, 0.15) is 32.6 Å². The average Bonchev–Trinajstić information content (AvgIpc) is 3.05. The second kappa shape index (κ2) is 9.05. The van der Waals surface area contributed by atoms with Crippen molar-refractivity contribution in [3.05, 3.63) is 24.2 Å². The van der Waals surface area contributed by atoms with Gasteiger partial charge in [0.1, 0.15) is 5.76 Å². The maximum atomic E-state index is 12.2. The van der Waals surface area contributed by atoms with Crippen molar-refractivity contribution in [2.24, 2.45) is 0 Å². The summed E-state index contributed by atoms with van der Waals surface area (Å²) in [6.45, 7) is 11.4. The zero-order valence-electron chi connectivity index (χ0n) is 14.5. The molecule has 2 rings (SSSR count). The van der Waals surface area contributed by atoms with E-state index in [-0.39, 0.29) is 18.1 Å². The van der Waals surface area contributed by atoms with Crippen LogP contribution in [0.15, 0.2) is 22.8 Å². The van der Waals surface area contributed by atoms with Crippen LogP contribution in [0.5, 0.6) is 0 Å². The molecule has 1 amide bonds. The van der Waals surface area contributed by atoms with E-state index in [1.165, 1.54) is 0 Å². The predicted molar refractivity (Wildman–Crippen MR) is 89.2 cm³/mol. The van der Waals surface area contributed by atoms with Gasteiger partial charge in [-0.2, -0.15) is 0 Å². The molecule has 0 aromatic carbocycles. The molecule has 1 aliphatic rings. The molecule has 6 nitrogen and oxygen atoms in total. The van der Waals surface area contributed by atoms with Gasteiger partial charge in [0.05, 0.1) is 31.6 Å². The van der Waals surface area contributed by atoms with Crippen LogP contribution in [0.4, 0.5) is 0 Å². The summed E-state index contributed by atoms with van der Waals surface area (Å²) >= 11 is 0. The molecule has 1 fully saturated rings. The van der Waals surface area contributed by atoms with Gasteiger partial charge in [0.2, 0.25) is 5.91 Å². The number of carbonyl (C=O) groups is 1. The fourth-order valence-corrected chi connectivity index (χ4v) is 3.06. The van der Waals surface area contributed by atoms with Gasteiger partial charge in [0.15, 0.2) is 0 Å². The fraction of sp³-hybridized carbons (Fsp3) is 0.706. The molecule has 23 heavy (non-hydrogen) atoms. The predicted octanol–water partition coefficient (Wildman–Crippen LogP) is 1.50. The summed E-state index contributed by atoms with van der Waals surface area (Å²) in [5.41, 5.74) is 0. The molecule has 0 aliphatic carbocycles. The first-order valence-electron chi connectivity index (χ1n) is 8.52. The smallest absolute Gasteiger partial charge is 0.234 e. The number of likely N-dealkylation sites (N-methyl/N-ethyl adjacent to an activating group) is 1. The zero-order valence-corrected chi connectivity index (χ0v) is 14.5. The monoisotopic (exact) mass is 323 g/mol. The molecule has 1 aromatic rings. The van der Waals surface area contributed by atoms with Crippen LogP contribution in [0.2, 0.25) is 0 Å². The lowest BCUT2D eigenvalue weighted by atomic mass is 10.2. The number of rotatable bonds is 8. The molecule has 1 aliphatic heterocycles. The summed E-state index contributed by atoms with van der Waals surface area (Å²) in [5, 5.41) is 3.06. The Hall–Kier alpha value is -1.37. The second-order valence-corrected chi connectivity index (χ2v) is 5.97. The molecule has 6 heteroatoms. The van der Waals surface area contributed by atoms with Crippen molar-refractivity contribution in [3.63, 3.8) is 0 Å². The Morgan fingerprint density at radius 1 is 1.48 bits per heavy atom. The maximum absolute atomic E-state index is 12.2. The van der Waals surface area contributed by atoms with E-state index in [9.17, 15) is 4.79 Å². The van der Waals surface area contributed by atoms with Crippen molar-refractivity contribution >= 4 is 5.91 Å². The van der Waals surface area contributed by atoms with Crippen molar-refractivity contribution in [1.29, 1.82) is 0 Å². The molecule has 0 radical (unpaired) electrons. The van der Waals surface area contributed by atoms with E-state index in [1.807, 2.05) is 19.1 Å². The standard InChI is InChI=1S/C17H29N3O3/c1-4-20(5-2)15(16-7-6-9-23-16)11-18-17(21)13-19-8-10-22-14(3)12-19/h6-7,9,14-15H,4-5,8,10-13H2,1-3H3,(H,18,21). The second-order valence-electron chi connectivity index (χ2n) is 5.97. The van der Waals surface area contributed by atoms with E-state index in [0.29, 0.717) is 19.7 Å². The Balaban J connectivity index is 1.86. The van der Waals surface area contributed by atoms with Gasteiger partial charge < -0.3 is 14.5 Å². The van der Waals surface area contributed by atoms with E-state index in [4.69, 9.17) is 9.15 Å². The van der Waals surface area contributed by atoms with E-state index in [0.717, 1.165) is 31.9 Å². The largest absolute Gasteiger partial charge is 0.468 e. The normalized spacial score (nSPS) is 20.6. The van der Waals surface area contributed by atoms with Gasteiger partial charge in [-0.1, -0.05) is 13.8 Å². The molecule has 2 atom stereocenters. The summed E-state index contributed by atoms with van der Waals surface area (Å²) in [5.74, 6) is 0.955. The van der Waals surface area contributed by atoms with Gasteiger partial charge >= 0.3 is 0 Å². The van der Waals surface area contributed by atoms with Gasteiger partial charge in [-0.3, -0.25) is 14.6 Å². The minimum atomic E-state index is 0.0582. The van der Waals surface area contributed by atoms with Gasteiger partial charge in [-0.15, -0.1) is 0 Å². The van der Waals surface area contributed by atoms with Crippen molar-refractivity contribution in [1.82, 2.24) is 15.1 Å². The molecular weight excluding hydrogens is 294 g/mol. The maximum Gasteiger partial charge on any atom is 0.234 e. The average molecular weight is 323 g/mol. The first-order valence-corrected chi connectivity index (χ1v) is 8.52. The molecule has 2 heterocycles. The number of amides is 1. The highest BCUT2D eigenvalue weighted by atomic mass is 16.5.